The van der Waals surface area contributed by atoms with Crippen LogP contribution in [0.3, 0.4) is 0 Å². The summed E-state index contributed by atoms with van der Waals surface area (Å²) in [5, 5.41) is 3.77. The van der Waals surface area contributed by atoms with Gasteiger partial charge in [-0.1, -0.05) is 53.5 Å². The molecule has 0 aliphatic heterocycles. The van der Waals surface area contributed by atoms with Crippen LogP contribution >= 0.6 is 23.2 Å². The molecule has 19 heavy (non-hydrogen) atoms. The third kappa shape index (κ3) is 4.12. The Kier molecular flexibility index (Phi) is 5.06. The molecule has 0 bridgehead atoms. The van der Waals surface area contributed by atoms with Gasteiger partial charge in [0.15, 0.2) is 0 Å². The first-order valence-electron chi connectivity index (χ1n) is 6.09. The standard InChI is InChI=1S/C15H14Cl2FN/c16-13-9-12(18)10-14(17)15(13)19-8-4-7-11-5-2-1-3-6-11/h1-3,5-6,9-10,19H,4,7-8H2. The summed E-state index contributed by atoms with van der Waals surface area (Å²) < 4.78 is 13.0. The van der Waals surface area contributed by atoms with Crippen molar-refractivity contribution in [3.8, 4) is 0 Å². The topological polar surface area (TPSA) is 12.0 Å². The normalized spacial score (nSPS) is 10.5. The average Bonchev–Trinajstić information content (AvgIpc) is 2.38. The second-order valence-electron chi connectivity index (χ2n) is 4.26. The number of hydrogen-bond donors (Lipinski definition) is 1. The maximum atomic E-state index is 13.0. The molecule has 0 spiro atoms. The van der Waals surface area contributed by atoms with Crippen molar-refractivity contribution in [2.24, 2.45) is 0 Å². The number of benzene rings is 2. The van der Waals surface area contributed by atoms with Crippen molar-refractivity contribution in [1.82, 2.24) is 0 Å². The van der Waals surface area contributed by atoms with Crippen molar-refractivity contribution >= 4 is 28.9 Å². The zero-order valence-electron chi connectivity index (χ0n) is 10.3. The highest BCUT2D eigenvalue weighted by Crippen LogP contribution is 2.31. The van der Waals surface area contributed by atoms with E-state index in [4.69, 9.17) is 23.2 Å². The molecular weight excluding hydrogens is 284 g/mol. The van der Waals surface area contributed by atoms with Crippen LogP contribution < -0.4 is 5.32 Å². The van der Waals surface area contributed by atoms with Crippen LogP contribution in [0, 0.1) is 5.82 Å². The van der Waals surface area contributed by atoms with Gasteiger partial charge in [-0.3, -0.25) is 0 Å². The predicted octanol–water partition coefficient (Wildman–Crippen LogP) is 5.18. The lowest BCUT2D eigenvalue weighted by molar-refractivity contribution is 0.628. The molecule has 1 nitrogen and oxygen atoms in total. The molecule has 2 rings (SSSR count). The Morgan fingerprint density at radius 3 is 2.26 bits per heavy atom. The van der Waals surface area contributed by atoms with E-state index < -0.39 is 5.82 Å². The van der Waals surface area contributed by atoms with Gasteiger partial charge in [0.2, 0.25) is 0 Å². The highest BCUT2D eigenvalue weighted by molar-refractivity contribution is 6.39. The molecule has 0 amide bonds. The number of nitrogens with one attached hydrogen (secondary N) is 1. The van der Waals surface area contributed by atoms with E-state index in [1.807, 2.05) is 18.2 Å². The molecule has 100 valence electrons. The zero-order chi connectivity index (χ0) is 13.7. The van der Waals surface area contributed by atoms with Crippen LogP contribution in [0.25, 0.3) is 0 Å². The fourth-order valence-corrected chi connectivity index (χ4v) is 2.46. The Hall–Kier alpha value is -1.25. The fourth-order valence-electron chi connectivity index (χ4n) is 1.86. The number of aryl methyl sites for hydroxylation is 1. The molecule has 0 aliphatic rings. The van der Waals surface area contributed by atoms with Gasteiger partial charge < -0.3 is 5.32 Å². The summed E-state index contributed by atoms with van der Waals surface area (Å²) in [6, 6.07) is 12.8. The van der Waals surface area contributed by atoms with Crippen molar-refractivity contribution in [2.45, 2.75) is 12.8 Å². The lowest BCUT2D eigenvalue weighted by Crippen LogP contribution is -2.04. The van der Waals surface area contributed by atoms with Gasteiger partial charge in [-0.15, -0.1) is 0 Å². The van der Waals surface area contributed by atoms with E-state index in [2.05, 4.69) is 17.4 Å². The Bertz CT molecular complexity index is 520. The summed E-state index contributed by atoms with van der Waals surface area (Å²) in [7, 11) is 0. The molecule has 2 aromatic rings. The van der Waals surface area contributed by atoms with Crippen LogP contribution in [0.4, 0.5) is 10.1 Å². The smallest absolute Gasteiger partial charge is 0.126 e. The Labute approximate surface area is 122 Å². The molecule has 0 unspecified atom stereocenters. The summed E-state index contributed by atoms with van der Waals surface area (Å²) >= 11 is 11.9. The molecular formula is C15H14Cl2FN. The Morgan fingerprint density at radius 1 is 1.00 bits per heavy atom. The van der Waals surface area contributed by atoms with Crippen molar-refractivity contribution in [3.63, 3.8) is 0 Å². The quantitative estimate of drug-likeness (QED) is 0.750. The highest BCUT2D eigenvalue weighted by Gasteiger charge is 2.07. The van der Waals surface area contributed by atoms with Gasteiger partial charge in [0.05, 0.1) is 15.7 Å². The molecule has 0 radical (unpaired) electrons. The minimum atomic E-state index is -0.426. The van der Waals surface area contributed by atoms with E-state index in [-0.39, 0.29) is 0 Å². The van der Waals surface area contributed by atoms with Crippen molar-refractivity contribution in [3.05, 3.63) is 63.9 Å². The fraction of sp³-hybridized carbons (Fsp3) is 0.200. The van der Waals surface area contributed by atoms with Gasteiger partial charge in [0, 0.05) is 6.54 Å². The SMILES string of the molecule is Fc1cc(Cl)c(NCCCc2ccccc2)c(Cl)c1. The van der Waals surface area contributed by atoms with E-state index >= 15 is 0 Å². The van der Waals surface area contributed by atoms with E-state index in [9.17, 15) is 4.39 Å². The minimum absolute atomic E-state index is 0.310. The van der Waals surface area contributed by atoms with Gasteiger partial charge in [-0.25, -0.2) is 4.39 Å². The van der Waals surface area contributed by atoms with Crippen molar-refractivity contribution in [1.29, 1.82) is 0 Å². The van der Waals surface area contributed by atoms with Crippen LogP contribution in [0.1, 0.15) is 12.0 Å². The van der Waals surface area contributed by atoms with E-state index in [1.54, 1.807) is 0 Å². The Balaban J connectivity index is 1.86. The molecule has 0 aromatic heterocycles. The van der Waals surface area contributed by atoms with Gasteiger partial charge in [0.1, 0.15) is 5.82 Å². The first-order chi connectivity index (χ1) is 9.16. The number of rotatable bonds is 5. The maximum absolute atomic E-state index is 13.0. The summed E-state index contributed by atoms with van der Waals surface area (Å²) in [5.74, 6) is -0.426. The number of hydrogen-bond acceptors (Lipinski definition) is 1. The second-order valence-corrected chi connectivity index (χ2v) is 5.07. The van der Waals surface area contributed by atoms with Crippen molar-refractivity contribution in [2.75, 3.05) is 11.9 Å². The lowest BCUT2D eigenvalue weighted by atomic mass is 10.1. The summed E-state index contributed by atoms with van der Waals surface area (Å²) in [5.41, 5.74) is 1.89. The predicted molar refractivity (Wildman–Crippen MR) is 79.7 cm³/mol. The monoisotopic (exact) mass is 297 g/mol. The molecule has 0 aliphatic carbocycles. The number of halogens is 3. The zero-order valence-corrected chi connectivity index (χ0v) is 11.8. The largest absolute Gasteiger partial charge is 0.383 e. The molecule has 4 heteroatoms. The third-order valence-electron chi connectivity index (χ3n) is 2.79. The minimum Gasteiger partial charge on any atom is -0.383 e. The second kappa shape index (κ2) is 6.78. The molecule has 0 saturated carbocycles. The van der Waals surface area contributed by atoms with E-state index in [1.165, 1.54) is 17.7 Å². The summed E-state index contributed by atoms with van der Waals surface area (Å²) in [6.45, 7) is 0.736. The van der Waals surface area contributed by atoms with Gasteiger partial charge in [-0.2, -0.15) is 0 Å². The third-order valence-corrected chi connectivity index (χ3v) is 3.39. The van der Waals surface area contributed by atoms with Gasteiger partial charge >= 0.3 is 0 Å². The molecule has 0 atom stereocenters. The first kappa shape index (κ1) is 14.2. The maximum Gasteiger partial charge on any atom is 0.126 e. The van der Waals surface area contributed by atoms with Crippen LogP contribution in [0.2, 0.25) is 10.0 Å². The van der Waals surface area contributed by atoms with Gasteiger partial charge in [0.25, 0.3) is 0 Å². The van der Waals surface area contributed by atoms with Crippen LogP contribution in [0.5, 0.6) is 0 Å². The lowest BCUT2D eigenvalue weighted by Gasteiger charge is -2.10. The average molecular weight is 298 g/mol. The van der Waals surface area contributed by atoms with Crippen LogP contribution in [-0.4, -0.2) is 6.54 Å². The Morgan fingerprint density at radius 2 is 1.63 bits per heavy atom. The first-order valence-corrected chi connectivity index (χ1v) is 6.85. The van der Waals surface area contributed by atoms with Crippen LogP contribution in [-0.2, 0) is 6.42 Å². The molecule has 0 saturated heterocycles. The summed E-state index contributed by atoms with van der Waals surface area (Å²) in [4.78, 5) is 0. The molecule has 0 heterocycles. The molecule has 0 fully saturated rings. The number of anilines is 1. The molecule has 2 aromatic carbocycles. The highest BCUT2D eigenvalue weighted by atomic mass is 35.5. The van der Waals surface area contributed by atoms with Gasteiger partial charge in [-0.05, 0) is 30.5 Å². The van der Waals surface area contributed by atoms with E-state index in [0.717, 1.165) is 19.4 Å². The molecule has 1 N–H and O–H groups in total. The van der Waals surface area contributed by atoms with Crippen LogP contribution in [0.15, 0.2) is 42.5 Å². The summed E-state index contributed by atoms with van der Waals surface area (Å²) in [6.07, 6.45) is 1.93. The van der Waals surface area contributed by atoms with E-state index in [0.29, 0.717) is 15.7 Å². The van der Waals surface area contributed by atoms with Crippen molar-refractivity contribution < 1.29 is 4.39 Å².